The van der Waals surface area contributed by atoms with Crippen molar-refractivity contribution >= 4 is 27.0 Å². The molecular formula is C27H33N5O4S. The highest BCUT2D eigenvalue weighted by atomic mass is 32.2. The number of hydrogen-bond acceptors (Lipinski definition) is 6. The Morgan fingerprint density at radius 1 is 1.11 bits per heavy atom. The van der Waals surface area contributed by atoms with Gasteiger partial charge in [-0.25, -0.2) is 17.7 Å². The fraction of sp³-hybridized carbons (Fsp3) is 0.519. The van der Waals surface area contributed by atoms with Crippen LogP contribution >= 0.6 is 0 Å². The molecule has 2 aromatic heterocycles. The zero-order chi connectivity index (χ0) is 25.9. The van der Waals surface area contributed by atoms with Gasteiger partial charge in [0.25, 0.3) is 0 Å². The van der Waals surface area contributed by atoms with Gasteiger partial charge < -0.3 is 14.0 Å². The van der Waals surface area contributed by atoms with Crippen molar-refractivity contribution in [2.45, 2.75) is 70.9 Å². The molecule has 0 spiro atoms. The Kier molecular flexibility index (Phi) is 5.99. The van der Waals surface area contributed by atoms with E-state index in [1.165, 1.54) is 6.26 Å². The monoisotopic (exact) mass is 523 g/mol. The number of likely N-dealkylation sites (tertiary alicyclic amines) is 1. The highest BCUT2D eigenvalue weighted by Gasteiger charge is 2.40. The maximum Gasteiger partial charge on any atom is 0.227 e. The Labute approximate surface area is 217 Å². The lowest BCUT2D eigenvalue weighted by Gasteiger charge is -2.30. The van der Waals surface area contributed by atoms with Crippen molar-refractivity contribution in [3.8, 4) is 11.1 Å². The Morgan fingerprint density at radius 2 is 1.95 bits per heavy atom. The van der Waals surface area contributed by atoms with Gasteiger partial charge >= 0.3 is 0 Å². The highest BCUT2D eigenvalue weighted by Crippen LogP contribution is 2.42. The maximum atomic E-state index is 13.1. The third-order valence-electron chi connectivity index (χ3n) is 8.09. The number of carbonyl (C=O) groups excluding carboxylic acids is 1. The number of fused-ring (bicyclic) bond motifs is 1. The molecule has 2 atom stereocenters. The van der Waals surface area contributed by atoms with Gasteiger partial charge in [0.15, 0.2) is 0 Å². The van der Waals surface area contributed by atoms with Crippen LogP contribution in [-0.2, 0) is 14.8 Å². The number of sulfonamides is 1. The Morgan fingerprint density at radius 3 is 2.62 bits per heavy atom. The van der Waals surface area contributed by atoms with Gasteiger partial charge in [0.2, 0.25) is 15.9 Å². The lowest BCUT2D eigenvalue weighted by atomic mass is 10.0. The van der Waals surface area contributed by atoms with Gasteiger partial charge in [-0.05, 0) is 70.1 Å². The van der Waals surface area contributed by atoms with Gasteiger partial charge in [-0.1, -0.05) is 17.3 Å². The quantitative estimate of drug-likeness (QED) is 0.483. The second-order valence-corrected chi connectivity index (χ2v) is 12.5. The van der Waals surface area contributed by atoms with Crippen LogP contribution < -0.4 is 0 Å². The summed E-state index contributed by atoms with van der Waals surface area (Å²) in [7, 11) is -3.29. The van der Waals surface area contributed by atoms with E-state index >= 15 is 0 Å². The standard InChI is InChI=1S/C27H33N5O4S/c1-17-26(18(2)36-29-17)19-9-10-23-22(15-19)28-27(32(23)21-13-14-30(16-21)37(3,34)35)24-11-12-25(33)31(24)20-7-5-4-6-8-20/h7,9-10,15,21,24H,4-6,8,11-14,16H2,1-3H3. The normalized spacial score (nSPS) is 23.4. The fourth-order valence-electron chi connectivity index (χ4n) is 6.34. The lowest BCUT2D eigenvalue weighted by molar-refractivity contribution is -0.127. The minimum Gasteiger partial charge on any atom is -0.361 e. The first-order chi connectivity index (χ1) is 17.7. The van der Waals surface area contributed by atoms with Crippen LogP contribution in [0.4, 0.5) is 0 Å². The molecule has 0 radical (unpaired) electrons. The van der Waals surface area contributed by atoms with Gasteiger partial charge in [-0.15, -0.1) is 0 Å². The molecule has 10 heteroatoms. The smallest absolute Gasteiger partial charge is 0.227 e. The van der Waals surface area contributed by atoms with Crippen LogP contribution in [0.1, 0.15) is 74.3 Å². The van der Waals surface area contributed by atoms with Crippen LogP contribution in [0.2, 0.25) is 0 Å². The average molecular weight is 524 g/mol. The minimum atomic E-state index is -3.29. The fourth-order valence-corrected chi connectivity index (χ4v) is 7.22. The summed E-state index contributed by atoms with van der Waals surface area (Å²) in [6, 6.07) is 5.99. The third kappa shape index (κ3) is 4.20. The molecule has 2 unspecified atom stereocenters. The van der Waals surface area contributed by atoms with E-state index in [0.717, 1.165) is 70.8 Å². The first-order valence-corrected chi connectivity index (χ1v) is 15.0. The van der Waals surface area contributed by atoms with Gasteiger partial charge in [0.05, 0.1) is 35.1 Å². The SMILES string of the molecule is Cc1noc(C)c1-c1ccc2c(c1)nc(C1CCC(=O)N1C1=CCCCC1)n2C1CCN(S(C)(=O)=O)C1. The summed E-state index contributed by atoms with van der Waals surface area (Å²) in [5.41, 5.74) is 5.68. The first kappa shape index (κ1) is 24.4. The highest BCUT2D eigenvalue weighted by molar-refractivity contribution is 7.88. The van der Waals surface area contributed by atoms with Crippen molar-refractivity contribution in [2.75, 3.05) is 19.3 Å². The Balaban J connectivity index is 1.49. The minimum absolute atomic E-state index is 0.0440. The molecule has 0 N–H and O–H groups in total. The van der Waals surface area contributed by atoms with E-state index in [2.05, 4.69) is 34.0 Å². The number of amides is 1. The molecule has 0 bridgehead atoms. The van der Waals surface area contributed by atoms with Crippen molar-refractivity contribution in [3.05, 3.63) is 47.3 Å². The zero-order valence-electron chi connectivity index (χ0n) is 21.6. The van der Waals surface area contributed by atoms with Crippen molar-refractivity contribution in [3.63, 3.8) is 0 Å². The van der Waals surface area contributed by atoms with Crippen LogP contribution in [0.15, 0.2) is 34.5 Å². The van der Waals surface area contributed by atoms with Gasteiger partial charge in [0.1, 0.15) is 11.6 Å². The second-order valence-electron chi connectivity index (χ2n) is 10.6. The molecule has 4 heterocycles. The van der Waals surface area contributed by atoms with Gasteiger partial charge in [0, 0.05) is 30.8 Å². The summed E-state index contributed by atoms with van der Waals surface area (Å²) in [5, 5.41) is 4.11. The molecule has 196 valence electrons. The lowest BCUT2D eigenvalue weighted by Crippen LogP contribution is -2.31. The molecule has 6 rings (SSSR count). The summed E-state index contributed by atoms with van der Waals surface area (Å²) in [6.07, 6.45) is 9.54. The number of benzene rings is 1. The van der Waals surface area contributed by atoms with Crippen LogP contribution in [0.3, 0.4) is 0 Å². The average Bonchev–Trinajstić information content (AvgIpc) is 3.64. The topological polar surface area (TPSA) is 102 Å². The van der Waals surface area contributed by atoms with Crippen LogP contribution in [0.25, 0.3) is 22.2 Å². The predicted octanol–water partition coefficient (Wildman–Crippen LogP) is 4.64. The van der Waals surface area contributed by atoms with Crippen LogP contribution in [0.5, 0.6) is 0 Å². The molecule has 1 amide bonds. The number of nitrogens with zero attached hydrogens (tertiary/aromatic N) is 5. The van der Waals surface area contributed by atoms with E-state index in [9.17, 15) is 13.2 Å². The third-order valence-corrected chi connectivity index (χ3v) is 9.36. The molecule has 1 aromatic carbocycles. The number of aryl methyl sites for hydroxylation is 2. The van der Waals surface area contributed by atoms with Gasteiger partial charge in [-0.2, -0.15) is 0 Å². The molecular weight excluding hydrogens is 490 g/mol. The number of rotatable bonds is 5. The summed E-state index contributed by atoms with van der Waals surface area (Å²) >= 11 is 0. The Bertz CT molecular complexity index is 1500. The van der Waals surface area contributed by atoms with Crippen LogP contribution in [0, 0.1) is 13.8 Å². The number of carbonyl (C=O) groups is 1. The summed E-state index contributed by atoms with van der Waals surface area (Å²) in [5.74, 6) is 1.76. The van der Waals surface area contributed by atoms with Crippen molar-refractivity contribution in [1.82, 2.24) is 23.9 Å². The molecule has 3 aromatic rings. The van der Waals surface area contributed by atoms with E-state index in [4.69, 9.17) is 9.51 Å². The first-order valence-electron chi connectivity index (χ1n) is 13.1. The van der Waals surface area contributed by atoms with Crippen molar-refractivity contribution in [1.29, 1.82) is 0 Å². The molecule has 3 aliphatic rings. The number of aromatic nitrogens is 3. The van der Waals surface area contributed by atoms with E-state index in [1.807, 2.05) is 18.7 Å². The molecule has 1 aliphatic carbocycles. The summed E-state index contributed by atoms with van der Waals surface area (Å²) < 4.78 is 33.8. The zero-order valence-corrected chi connectivity index (χ0v) is 22.4. The van der Waals surface area contributed by atoms with Crippen LogP contribution in [-0.4, -0.2) is 57.6 Å². The Hall–Kier alpha value is -2.98. The number of hydrogen-bond donors (Lipinski definition) is 0. The van der Waals surface area contributed by atoms with Crippen molar-refractivity contribution in [2.24, 2.45) is 0 Å². The predicted molar refractivity (Wildman–Crippen MR) is 140 cm³/mol. The number of imidazole rings is 1. The largest absolute Gasteiger partial charge is 0.361 e. The van der Waals surface area contributed by atoms with E-state index in [-0.39, 0.29) is 18.0 Å². The second kappa shape index (κ2) is 9.09. The van der Waals surface area contributed by atoms with E-state index < -0.39 is 10.0 Å². The molecule has 2 saturated heterocycles. The molecule has 2 aliphatic heterocycles. The summed E-state index contributed by atoms with van der Waals surface area (Å²) in [6.45, 7) is 4.73. The van der Waals surface area contributed by atoms with E-state index in [1.54, 1.807) is 4.31 Å². The molecule has 9 nitrogen and oxygen atoms in total. The molecule has 0 saturated carbocycles. The molecule has 37 heavy (non-hydrogen) atoms. The van der Waals surface area contributed by atoms with Gasteiger partial charge in [-0.3, -0.25) is 4.79 Å². The maximum absolute atomic E-state index is 13.1. The number of allylic oxidation sites excluding steroid dienone is 2. The van der Waals surface area contributed by atoms with Crippen molar-refractivity contribution < 1.29 is 17.7 Å². The molecule has 2 fully saturated rings. The van der Waals surface area contributed by atoms with E-state index in [0.29, 0.717) is 32.4 Å². The summed E-state index contributed by atoms with van der Waals surface area (Å²) in [4.78, 5) is 20.3.